The molecule has 2 aliphatic heterocycles. The minimum absolute atomic E-state index is 0.341. The average molecular weight is 170 g/mol. The zero-order valence-electron chi connectivity index (χ0n) is 7.75. The van der Waals surface area contributed by atoms with Gasteiger partial charge in [-0.25, -0.2) is 0 Å². The molecule has 70 valence electrons. The lowest BCUT2D eigenvalue weighted by Gasteiger charge is -2.32. The summed E-state index contributed by atoms with van der Waals surface area (Å²) in [5, 5.41) is 3.40. The van der Waals surface area contributed by atoms with E-state index in [1.807, 2.05) is 0 Å². The SMILES string of the molecule is CN1CCCC(C2NCCO2)C1. The largest absolute Gasteiger partial charge is 0.362 e. The fourth-order valence-corrected chi connectivity index (χ4v) is 2.20. The van der Waals surface area contributed by atoms with Gasteiger partial charge in [0.05, 0.1) is 6.61 Å². The van der Waals surface area contributed by atoms with Crippen molar-refractivity contribution in [3.8, 4) is 0 Å². The van der Waals surface area contributed by atoms with Crippen molar-refractivity contribution in [2.45, 2.75) is 19.1 Å². The smallest absolute Gasteiger partial charge is 0.112 e. The Morgan fingerprint density at radius 2 is 2.42 bits per heavy atom. The summed E-state index contributed by atoms with van der Waals surface area (Å²) >= 11 is 0. The quantitative estimate of drug-likeness (QED) is 0.611. The van der Waals surface area contributed by atoms with E-state index in [1.54, 1.807) is 0 Å². The van der Waals surface area contributed by atoms with Crippen LogP contribution in [0.3, 0.4) is 0 Å². The second kappa shape index (κ2) is 3.73. The van der Waals surface area contributed by atoms with Crippen molar-refractivity contribution in [2.24, 2.45) is 5.92 Å². The Balaban J connectivity index is 1.85. The molecule has 3 heteroatoms. The van der Waals surface area contributed by atoms with Gasteiger partial charge in [-0.15, -0.1) is 0 Å². The van der Waals surface area contributed by atoms with Crippen molar-refractivity contribution >= 4 is 0 Å². The molecular formula is C9H18N2O. The van der Waals surface area contributed by atoms with Crippen molar-refractivity contribution in [3.05, 3.63) is 0 Å². The van der Waals surface area contributed by atoms with Crippen LogP contribution < -0.4 is 5.32 Å². The first-order valence-corrected chi connectivity index (χ1v) is 4.90. The van der Waals surface area contributed by atoms with E-state index in [1.165, 1.54) is 25.9 Å². The van der Waals surface area contributed by atoms with E-state index in [-0.39, 0.29) is 0 Å². The summed E-state index contributed by atoms with van der Waals surface area (Å²) < 4.78 is 5.60. The van der Waals surface area contributed by atoms with Crippen molar-refractivity contribution < 1.29 is 4.74 Å². The van der Waals surface area contributed by atoms with Gasteiger partial charge in [-0.1, -0.05) is 0 Å². The van der Waals surface area contributed by atoms with E-state index in [2.05, 4.69) is 17.3 Å². The molecule has 2 unspecified atom stereocenters. The van der Waals surface area contributed by atoms with E-state index in [4.69, 9.17) is 4.74 Å². The second-order valence-electron chi connectivity index (χ2n) is 3.91. The number of hydrogen-bond acceptors (Lipinski definition) is 3. The van der Waals surface area contributed by atoms with Gasteiger partial charge >= 0.3 is 0 Å². The molecule has 2 saturated heterocycles. The molecule has 0 aromatic heterocycles. The van der Waals surface area contributed by atoms with Crippen LogP contribution in [-0.4, -0.2) is 44.4 Å². The molecule has 2 heterocycles. The van der Waals surface area contributed by atoms with Crippen molar-refractivity contribution in [3.63, 3.8) is 0 Å². The van der Waals surface area contributed by atoms with Crippen LogP contribution in [0.4, 0.5) is 0 Å². The normalized spacial score (nSPS) is 38.8. The first-order valence-electron chi connectivity index (χ1n) is 4.90. The van der Waals surface area contributed by atoms with E-state index >= 15 is 0 Å². The van der Waals surface area contributed by atoms with Crippen LogP contribution in [0.5, 0.6) is 0 Å². The number of hydrogen-bond donors (Lipinski definition) is 1. The summed E-state index contributed by atoms with van der Waals surface area (Å²) in [6.45, 7) is 4.37. The van der Waals surface area contributed by atoms with Gasteiger partial charge in [0.2, 0.25) is 0 Å². The summed E-state index contributed by atoms with van der Waals surface area (Å²) in [7, 11) is 2.20. The van der Waals surface area contributed by atoms with Gasteiger partial charge in [0.25, 0.3) is 0 Å². The fraction of sp³-hybridized carbons (Fsp3) is 1.00. The standard InChI is InChI=1S/C9H18N2O/c1-11-5-2-3-8(7-11)9-10-4-6-12-9/h8-10H,2-7H2,1H3. The van der Waals surface area contributed by atoms with Gasteiger partial charge in [-0.2, -0.15) is 0 Å². The molecule has 0 aliphatic carbocycles. The van der Waals surface area contributed by atoms with Gasteiger partial charge in [0.1, 0.15) is 6.23 Å². The van der Waals surface area contributed by atoms with Crippen LogP contribution in [0.25, 0.3) is 0 Å². The molecule has 0 bridgehead atoms. The van der Waals surface area contributed by atoms with E-state index in [9.17, 15) is 0 Å². The van der Waals surface area contributed by atoms with Gasteiger partial charge in [-0.05, 0) is 26.4 Å². The number of nitrogens with one attached hydrogen (secondary N) is 1. The Morgan fingerprint density at radius 1 is 1.50 bits per heavy atom. The average Bonchev–Trinajstić information content (AvgIpc) is 2.56. The van der Waals surface area contributed by atoms with E-state index in [0.717, 1.165) is 13.2 Å². The third-order valence-corrected chi connectivity index (χ3v) is 2.83. The zero-order chi connectivity index (χ0) is 8.39. The maximum absolute atomic E-state index is 5.60. The highest BCUT2D eigenvalue weighted by Crippen LogP contribution is 2.20. The maximum Gasteiger partial charge on any atom is 0.112 e. The molecule has 1 N–H and O–H groups in total. The monoisotopic (exact) mass is 170 g/mol. The number of piperidine rings is 1. The van der Waals surface area contributed by atoms with Crippen LogP contribution in [0, 0.1) is 5.92 Å². The lowest BCUT2D eigenvalue weighted by molar-refractivity contribution is 0.0215. The molecule has 0 saturated carbocycles. The molecule has 2 rings (SSSR count). The Hall–Kier alpha value is -0.120. The number of ether oxygens (including phenoxy) is 1. The summed E-state index contributed by atoms with van der Waals surface area (Å²) in [5.74, 6) is 0.714. The maximum atomic E-state index is 5.60. The Kier molecular flexibility index (Phi) is 2.63. The first kappa shape index (κ1) is 8.48. The van der Waals surface area contributed by atoms with Crippen LogP contribution in [-0.2, 0) is 4.74 Å². The molecule has 12 heavy (non-hydrogen) atoms. The van der Waals surface area contributed by atoms with Crippen LogP contribution in [0.2, 0.25) is 0 Å². The van der Waals surface area contributed by atoms with Crippen LogP contribution in [0.1, 0.15) is 12.8 Å². The van der Waals surface area contributed by atoms with Crippen LogP contribution >= 0.6 is 0 Å². The van der Waals surface area contributed by atoms with Crippen molar-refractivity contribution in [1.82, 2.24) is 10.2 Å². The first-order chi connectivity index (χ1) is 5.86. The van der Waals surface area contributed by atoms with E-state index < -0.39 is 0 Å². The highest BCUT2D eigenvalue weighted by Gasteiger charge is 2.28. The summed E-state index contributed by atoms with van der Waals surface area (Å²) in [5.41, 5.74) is 0. The minimum atomic E-state index is 0.341. The molecule has 0 spiro atoms. The van der Waals surface area contributed by atoms with Crippen LogP contribution in [0.15, 0.2) is 0 Å². The van der Waals surface area contributed by atoms with Crippen molar-refractivity contribution in [1.29, 1.82) is 0 Å². The summed E-state index contributed by atoms with van der Waals surface area (Å²) in [4.78, 5) is 2.40. The summed E-state index contributed by atoms with van der Waals surface area (Å²) in [6.07, 6.45) is 2.98. The third-order valence-electron chi connectivity index (χ3n) is 2.83. The lowest BCUT2D eigenvalue weighted by atomic mass is 9.97. The number of rotatable bonds is 1. The minimum Gasteiger partial charge on any atom is -0.362 e. The Morgan fingerprint density at radius 3 is 3.08 bits per heavy atom. The van der Waals surface area contributed by atoms with Gasteiger partial charge in [0, 0.05) is 19.0 Å². The molecule has 0 aromatic rings. The predicted molar refractivity (Wildman–Crippen MR) is 48.0 cm³/mol. The van der Waals surface area contributed by atoms with Gasteiger partial charge < -0.3 is 9.64 Å². The highest BCUT2D eigenvalue weighted by molar-refractivity contribution is 4.78. The Labute approximate surface area is 74.1 Å². The zero-order valence-corrected chi connectivity index (χ0v) is 7.75. The fourth-order valence-electron chi connectivity index (χ4n) is 2.20. The highest BCUT2D eigenvalue weighted by atomic mass is 16.5. The molecule has 2 fully saturated rings. The third kappa shape index (κ3) is 1.79. The molecule has 0 amide bonds. The molecule has 0 radical (unpaired) electrons. The molecular weight excluding hydrogens is 152 g/mol. The predicted octanol–water partition coefficient (Wildman–Crippen LogP) is 0.274. The Bertz CT molecular complexity index is 145. The number of likely N-dealkylation sites (tertiary alicyclic amines) is 1. The number of nitrogens with zero attached hydrogens (tertiary/aromatic N) is 1. The van der Waals surface area contributed by atoms with Crippen molar-refractivity contribution in [2.75, 3.05) is 33.3 Å². The van der Waals surface area contributed by atoms with Gasteiger partial charge in [-0.3, -0.25) is 5.32 Å². The second-order valence-corrected chi connectivity index (χ2v) is 3.91. The lowest BCUT2D eigenvalue weighted by Crippen LogP contribution is -2.42. The molecule has 3 nitrogen and oxygen atoms in total. The summed E-state index contributed by atoms with van der Waals surface area (Å²) in [6, 6.07) is 0. The molecule has 2 aliphatic rings. The molecule has 2 atom stereocenters. The van der Waals surface area contributed by atoms with Gasteiger partial charge in [0.15, 0.2) is 0 Å². The van der Waals surface area contributed by atoms with E-state index in [0.29, 0.717) is 12.1 Å². The topological polar surface area (TPSA) is 24.5 Å². The molecule has 0 aromatic carbocycles.